The Balaban J connectivity index is 2.22. The number of anilines is 1. The topological polar surface area (TPSA) is 97.6 Å². The first-order chi connectivity index (χ1) is 10.1. The van der Waals surface area contributed by atoms with Crippen LogP contribution in [0.5, 0.6) is 0 Å². The summed E-state index contributed by atoms with van der Waals surface area (Å²) in [6, 6.07) is 1.27. The van der Waals surface area contributed by atoms with Crippen molar-refractivity contribution in [3.8, 4) is 0 Å². The highest BCUT2D eigenvalue weighted by Gasteiger charge is 2.29. The molecule has 1 aliphatic rings. The second kappa shape index (κ2) is 6.49. The molecule has 1 fully saturated rings. The minimum Gasteiger partial charge on any atom is -0.384 e. The van der Waals surface area contributed by atoms with E-state index in [1.54, 1.807) is 19.1 Å². The Bertz CT molecular complexity index is 549. The van der Waals surface area contributed by atoms with E-state index in [-0.39, 0.29) is 17.2 Å². The van der Waals surface area contributed by atoms with Crippen molar-refractivity contribution in [2.75, 3.05) is 39.2 Å². The number of nitro groups is 1. The summed E-state index contributed by atoms with van der Waals surface area (Å²) in [5.41, 5.74) is 0.0368. The van der Waals surface area contributed by atoms with Gasteiger partial charge in [-0.3, -0.25) is 14.9 Å². The average molecular weight is 294 g/mol. The predicted molar refractivity (Wildman–Crippen MR) is 76.3 cm³/mol. The van der Waals surface area contributed by atoms with E-state index in [1.807, 2.05) is 0 Å². The Morgan fingerprint density at radius 1 is 1.67 bits per heavy atom. The van der Waals surface area contributed by atoms with Crippen LogP contribution in [0.3, 0.4) is 0 Å². The van der Waals surface area contributed by atoms with Gasteiger partial charge in [0.25, 0.3) is 11.6 Å². The lowest BCUT2D eigenvalue weighted by Gasteiger charge is -2.17. The molecule has 2 heterocycles. The van der Waals surface area contributed by atoms with Crippen molar-refractivity contribution >= 4 is 17.4 Å². The molecule has 1 saturated heterocycles. The van der Waals surface area contributed by atoms with Crippen molar-refractivity contribution < 1.29 is 14.5 Å². The Kier molecular flexibility index (Phi) is 4.69. The van der Waals surface area contributed by atoms with E-state index in [0.717, 1.165) is 12.6 Å². The number of nitrogens with one attached hydrogen (secondary N) is 1. The molecule has 0 aromatic carbocycles. The van der Waals surface area contributed by atoms with Gasteiger partial charge in [-0.05, 0) is 6.42 Å². The third-order valence-corrected chi connectivity index (χ3v) is 3.53. The summed E-state index contributed by atoms with van der Waals surface area (Å²) >= 11 is 0. The van der Waals surface area contributed by atoms with E-state index >= 15 is 0 Å². The van der Waals surface area contributed by atoms with Crippen molar-refractivity contribution in [2.24, 2.45) is 5.92 Å². The van der Waals surface area contributed by atoms with E-state index in [2.05, 4.69) is 10.3 Å². The molecule has 8 nitrogen and oxygen atoms in total. The number of carbonyl (C=O) groups excluding carboxylic acids is 1. The smallest absolute Gasteiger partial charge is 0.288 e. The summed E-state index contributed by atoms with van der Waals surface area (Å²) in [5.74, 6) is 0.415. The van der Waals surface area contributed by atoms with Gasteiger partial charge in [0.1, 0.15) is 12.0 Å². The summed E-state index contributed by atoms with van der Waals surface area (Å²) in [7, 11) is 3.26. The highest BCUT2D eigenvalue weighted by Crippen LogP contribution is 2.24. The molecule has 1 aliphatic heterocycles. The number of rotatable bonds is 5. The standard InChI is InChI=1S/C13H18N4O4/c1-14-12-11(5-10(6-15-12)17(19)20)13(18)16-4-3-9(7-16)8-21-2/h5-6,9H,3-4,7-8H2,1-2H3,(H,14,15). The minimum absolute atomic E-state index is 0.190. The predicted octanol–water partition coefficient (Wildman–Crippen LogP) is 1.14. The van der Waals surface area contributed by atoms with E-state index in [1.165, 1.54) is 6.07 Å². The third kappa shape index (κ3) is 3.27. The van der Waals surface area contributed by atoms with Crippen LogP contribution >= 0.6 is 0 Å². The fourth-order valence-electron chi connectivity index (χ4n) is 2.48. The lowest BCUT2D eigenvalue weighted by Crippen LogP contribution is -2.30. The highest BCUT2D eigenvalue weighted by atomic mass is 16.6. The maximum Gasteiger partial charge on any atom is 0.288 e. The molecule has 1 aromatic rings. The van der Waals surface area contributed by atoms with Gasteiger partial charge in [0.05, 0.1) is 17.1 Å². The van der Waals surface area contributed by atoms with Gasteiger partial charge in [-0.2, -0.15) is 0 Å². The van der Waals surface area contributed by atoms with E-state index in [0.29, 0.717) is 31.4 Å². The van der Waals surface area contributed by atoms with Crippen LogP contribution in [0.1, 0.15) is 16.8 Å². The Morgan fingerprint density at radius 3 is 3.05 bits per heavy atom. The zero-order valence-corrected chi connectivity index (χ0v) is 12.0. The molecule has 21 heavy (non-hydrogen) atoms. The van der Waals surface area contributed by atoms with Crippen molar-refractivity contribution in [3.05, 3.63) is 27.9 Å². The molecule has 1 N–H and O–H groups in total. The number of pyridine rings is 1. The number of carbonyl (C=O) groups is 1. The Morgan fingerprint density at radius 2 is 2.43 bits per heavy atom. The van der Waals surface area contributed by atoms with Gasteiger partial charge in [-0.25, -0.2) is 4.98 Å². The highest BCUT2D eigenvalue weighted by molar-refractivity contribution is 5.99. The molecule has 0 bridgehead atoms. The molecular weight excluding hydrogens is 276 g/mol. The van der Waals surface area contributed by atoms with Gasteiger partial charge >= 0.3 is 0 Å². The zero-order valence-electron chi connectivity index (χ0n) is 12.0. The van der Waals surface area contributed by atoms with Gasteiger partial charge in [0, 0.05) is 39.2 Å². The summed E-state index contributed by atoms with van der Waals surface area (Å²) in [6.07, 6.45) is 2.01. The fraction of sp³-hybridized carbons (Fsp3) is 0.538. The summed E-state index contributed by atoms with van der Waals surface area (Å²) < 4.78 is 5.10. The van der Waals surface area contributed by atoms with Crippen LogP contribution in [0.25, 0.3) is 0 Å². The number of methoxy groups -OCH3 is 1. The molecule has 8 heteroatoms. The molecule has 0 saturated carbocycles. The van der Waals surface area contributed by atoms with E-state index in [9.17, 15) is 14.9 Å². The summed E-state index contributed by atoms with van der Waals surface area (Å²) in [5, 5.41) is 13.6. The number of ether oxygens (including phenoxy) is 1. The second-order valence-corrected chi connectivity index (χ2v) is 4.96. The van der Waals surface area contributed by atoms with Crippen LogP contribution in [0.4, 0.5) is 11.5 Å². The normalized spacial score (nSPS) is 17.8. The molecule has 2 rings (SSSR count). The quantitative estimate of drug-likeness (QED) is 0.646. The van der Waals surface area contributed by atoms with Crippen LogP contribution in [-0.4, -0.2) is 54.6 Å². The first kappa shape index (κ1) is 15.2. The van der Waals surface area contributed by atoms with Crippen LogP contribution < -0.4 is 5.32 Å². The monoisotopic (exact) mass is 294 g/mol. The number of amides is 1. The number of likely N-dealkylation sites (tertiary alicyclic amines) is 1. The molecule has 0 radical (unpaired) electrons. The van der Waals surface area contributed by atoms with Gasteiger partial charge in [-0.1, -0.05) is 0 Å². The van der Waals surface area contributed by atoms with Crippen molar-refractivity contribution in [1.29, 1.82) is 0 Å². The number of hydrogen-bond acceptors (Lipinski definition) is 6. The molecule has 1 amide bonds. The van der Waals surface area contributed by atoms with Crippen molar-refractivity contribution in [2.45, 2.75) is 6.42 Å². The minimum atomic E-state index is -0.555. The van der Waals surface area contributed by atoms with E-state index < -0.39 is 4.92 Å². The molecule has 1 aromatic heterocycles. The molecule has 1 unspecified atom stereocenters. The lowest BCUT2D eigenvalue weighted by atomic mass is 10.1. The van der Waals surface area contributed by atoms with Crippen molar-refractivity contribution in [3.63, 3.8) is 0 Å². The molecule has 0 aliphatic carbocycles. The SMILES string of the molecule is CNc1ncc([N+](=O)[O-])cc1C(=O)N1CCC(COC)C1. The van der Waals surface area contributed by atoms with Crippen LogP contribution in [0.15, 0.2) is 12.3 Å². The Hall–Kier alpha value is -2.22. The van der Waals surface area contributed by atoms with Gasteiger partial charge in [-0.15, -0.1) is 0 Å². The molecule has 1 atom stereocenters. The molecule has 114 valence electrons. The maximum absolute atomic E-state index is 12.5. The Labute approximate surface area is 122 Å². The van der Waals surface area contributed by atoms with Crippen LogP contribution in [-0.2, 0) is 4.74 Å². The van der Waals surface area contributed by atoms with Gasteiger partial charge in [0.2, 0.25) is 0 Å². The first-order valence-electron chi connectivity index (χ1n) is 6.67. The number of nitrogens with zero attached hydrogens (tertiary/aromatic N) is 3. The average Bonchev–Trinajstić information content (AvgIpc) is 2.94. The van der Waals surface area contributed by atoms with Gasteiger partial charge < -0.3 is 15.0 Å². The van der Waals surface area contributed by atoms with E-state index in [4.69, 9.17) is 4.74 Å². The number of hydrogen-bond donors (Lipinski definition) is 1. The number of aromatic nitrogens is 1. The van der Waals surface area contributed by atoms with Crippen LogP contribution in [0.2, 0.25) is 0 Å². The largest absolute Gasteiger partial charge is 0.384 e. The maximum atomic E-state index is 12.5. The van der Waals surface area contributed by atoms with Gasteiger partial charge in [0.15, 0.2) is 0 Å². The second-order valence-electron chi connectivity index (χ2n) is 4.96. The zero-order chi connectivity index (χ0) is 15.4. The fourth-order valence-corrected chi connectivity index (χ4v) is 2.48. The third-order valence-electron chi connectivity index (χ3n) is 3.53. The van der Waals surface area contributed by atoms with Crippen molar-refractivity contribution in [1.82, 2.24) is 9.88 Å². The summed E-state index contributed by atoms with van der Waals surface area (Å²) in [6.45, 7) is 1.83. The molecular formula is C13H18N4O4. The van der Waals surface area contributed by atoms with Crippen LogP contribution in [0, 0.1) is 16.0 Å². The first-order valence-corrected chi connectivity index (χ1v) is 6.67. The molecule has 0 spiro atoms. The lowest BCUT2D eigenvalue weighted by molar-refractivity contribution is -0.385. The summed E-state index contributed by atoms with van der Waals surface area (Å²) in [4.78, 5) is 28.4.